The van der Waals surface area contributed by atoms with Gasteiger partial charge in [0.2, 0.25) is 5.91 Å². The second kappa shape index (κ2) is 8.22. The van der Waals surface area contributed by atoms with E-state index in [2.05, 4.69) is 9.80 Å². The first-order valence-corrected chi connectivity index (χ1v) is 10.8. The smallest absolute Gasteiger partial charge is 0.411 e. The third-order valence-electron chi connectivity index (χ3n) is 6.83. The number of amides is 2. The lowest BCUT2D eigenvalue weighted by atomic mass is 9.78. The van der Waals surface area contributed by atoms with Crippen LogP contribution in [0.5, 0.6) is 0 Å². The fourth-order valence-corrected chi connectivity index (χ4v) is 5.20. The van der Waals surface area contributed by atoms with Gasteiger partial charge in [0, 0.05) is 56.8 Å². The number of hydrogen-bond donors (Lipinski definition) is 1. The second-order valence-electron chi connectivity index (χ2n) is 8.44. The number of benzene rings is 1. The molecule has 3 saturated heterocycles. The van der Waals surface area contributed by atoms with Crippen LogP contribution in [0.4, 0.5) is 16.2 Å². The number of anilines is 2. The molecule has 158 valence electrons. The van der Waals surface area contributed by atoms with Crippen molar-refractivity contribution in [1.29, 1.82) is 0 Å². The van der Waals surface area contributed by atoms with E-state index in [0.29, 0.717) is 24.2 Å². The van der Waals surface area contributed by atoms with E-state index in [0.717, 1.165) is 70.6 Å². The topological polar surface area (TPSA) is 73.3 Å². The normalized spacial score (nSPS) is 25.6. The average Bonchev–Trinajstić information content (AvgIpc) is 3.05. The molecule has 1 spiro atoms. The quantitative estimate of drug-likeness (QED) is 0.839. The van der Waals surface area contributed by atoms with Crippen molar-refractivity contribution in [3.63, 3.8) is 0 Å². The van der Waals surface area contributed by atoms with Gasteiger partial charge < -0.3 is 19.6 Å². The Balaban J connectivity index is 1.47. The van der Waals surface area contributed by atoms with E-state index in [1.807, 2.05) is 31.2 Å². The van der Waals surface area contributed by atoms with Gasteiger partial charge in [-0.05, 0) is 63.3 Å². The van der Waals surface area contributed by atoms with E-state index < -0.39 is 6.09 Å². The molecule has 7 nitrogen and oxygen atoms in total. The Hall–Kier alpha value is -2.28. The maximum absolute atomic E-state index is 13.4. The largest absolute Gasteiger partial charge is 0.465 e. The highest BCUT2D eigenvalue weighted by Crippen LogP contribution is 2.43. The Morgan fingerprint density at radius 1 is 1.21 bits per heavy atom. The van der Waals surface area contributed by atoms with Crippen molar-refractivity contribution in [2.75, 3.05) is 49.2 Å². The van der Waals surface area contributed by atoms with E-state index in [9.17, 15) is 14.7 Å². The summed E-state index contributed by atoms with van der Waals surface area (Å²) in [5, 5.41) is 9.31. The zero-order valence-corrected chi connectivity index (χ0v) is 17.2. The van der Waals surface area contributed by atoms with E-state index in [1.54, 1.807) is 0 Å². The summed E-state index contributed by atoms with van der Waals surface area (Å²) in [4.78, 5) is 30.5. The summed E-state index contributed by atoms with van der Waals surface area (Å²) >= 11 is 0. The molecule has 2 amide bonds. The van der Waals surface area contributed by atoms with Gasteiger partial charge in [0.1, 0.15) is 0 Å². The molecule has 7 heteroatoms. The Morgan fingerprint density at radius 3 is 2.59 bits per heavy atom. The van der Waals surface area contributed by atoms with Crippen LogP contribution in [0, 0.1) is 5.41 Å². The van der Waals surface area contributed by atoms with Gasteiger partial charge in [0.05, 0.1) is 5.41 Å². The van der Waals surface area contributed by atoms with Crippen molar-refractivity contribution >= 4 is 23.4 Å². The Labute approximate surface area is 172 Å². The number of likely N-dealkylation sites (tertiary alicyclic amines) is 1. The number of nitrogens with zero attached hydrogens (tertiary/aromatic N) is 3. The summed E-state index contributed by atoms with van der Waals surface area (Å²) in [6.45, 7) is 6.30. The van der Waals surface area contributed by atoms with Gasteiger partial charge in [-0.2, -0.15) is 0 Å². The summed E-state index contributed by atoms with van der Waals surface area (Å²) in [7, 11) is 0. The number of hydrogen-bond acceptors (Lipinski definition) is 4. The van der Waals surface area contributed by atoms with Crippen LogP contribution >= 0.6 is 0 Å². The molecule has 0 bridgehead atoms. The van der Waals surface area contributed by atoms with Gasteiger partial charge in [-0.15, -0.1) is 0 Å². The van der Waals surface area contributed by atoms with Crippen LogP contribution in [0.25, 0.3) is 0 Å². The summed E-state index contributed by atoms with van der Waals surface area (Å²) in [5.41, 5.74) is 1.47. The summed E-state index contributed by atoms with van der Waals surface area (Å²) in [5.74, 6) is 0.328. The molecule has 1 aromatic rings. The first kappa shape index (κ1) is 20.0. The van der Waals surface area contributed by atoms with Crippen LogP contribution in [-0.2, 0) is 9.53 Å². The van der Waals surface area contributed by atoms with Crippen molar-refractivity contribution in [3.05, 3.63) is 24.3 Å². The van der Waals surface area contributed by atoms with Gasteiger partial charge in [-0.1, -0.05) is 0 Å². The molecule has 0 radical (unpaired) electrons. The lowest BCUT2D eigenvalue weighted by molar-refractivity contribution is -0.139. The molecule has 4 rings (SSSR count). The lowest BCUT2D eigenvalue weighted by Gasteiger charge is -2.41. The molecule has 1 N–H and O–H groups in total. The molecular weight excluding hydrogens is 370 g/mol. The first-order valence-electron chi connectivity index (χ1n) is 10.8. The average molecular weight is 402 g/mol. The monoisotopic (exact) mass is 401 g/mol. The SMILES string of the molecule is CCN(C(=O)O)c1ccc(N2CCC[C@]3(CCN(C4CCOCC4)C3=O)C2)cc1. The van der Waals surface area contributed by atoms with E-state index >= 15 is 0 Å². The highest BCUT2D eigenvalue weighted by molar-refractivity contribution is 5.87. The summed E-state index contributed by atoms with van der Waals surface area (Å²) in [6, 6.07) is 8.02. The van der Waals surface area contributed by atoms with Crippen LogP contribution in [0.15, 0.2) is 24.3 Å². The third-order valence-corrected chi connectivity index (χ3v) is 6.83. The molecule has 1 aromatic carbocycles. The van der Waals surface area contributed by atoms with Crippen molar-refractivity contribution in [1.82, 2.24) is 4.90 Å². The zero-order valence-electron chi connectivity index (χ0n) is 17.2. The van der Waals surface area contributed by atoms with Crippen molar-refractivity contribution in [2.45, 2.75) is 45.1 Å². The van der Waals surface area contributed by atoms with Crippen molar-refractivity contribution in [3.8, 4) is 0 Å². The zero-order chi connectivity index (χ0) is 20.4. The molecule has 0 aliphatic carbocycles. The fourth-order valence-electron chi connectivity index (χ4n) is 5.20. The fraction of sp³-hybridized carbons (Fsp3) is 0.636. The number of piperidine rings is 1. The number of carboxylic acid groups (broad SMARTS) is 1. The molecule has 29 heavy (non-hydrogen) atoms. The van der Waals surface area contributed by atoms with Crippen LogP contribution in [-0.4, -0.2) is 67.4 Å². The van der Waals surface area contributed by atoms with Crippen LogP contribution in [0.3, 0.4) is 0 Å². The maximum atomic E-state index is 13.4. The van der Waals surface area contributed by atoms with Gasteiger partial charge >= 0.3 is 6.09 Å². The lowest BCUT2D eigenvalue weighted by Crippen LogP contribution is -2.50. The molecule has 3 fully saturated rings. The Bertz CT molecular complexity index is 747. The van der Waals surface area contributed by atoms with Gasteiger partial charge in [-0.3, -0.25) is 9.69 Å². The molecule has 0 saturated carbocycles. The molecular formula is C22H31N3O4. The molecule has 3 heterocycles. The summed E-state index contributed by atoms with van der Waals surface area (Å²) in [6.07, 6.45) is 3.85. The standard InChI is InChI=1S/C22H31N3O4/c1-2-24(21(27)28)18-6-4-17(5-7-18)23-12-3-10-22(16-23)11-13-25(20(22)26)19-8-14-29-15-9-19/h4-7,19H,2-3,8-16H2,1H3,(H,27,28)/t22-/m0/s1. The Morgan fingerprint density at radius 2 is 1.93 bits per heavy atom. The predicted molar refractivity (Wildman–Crippen MR) is 112 cm³/mol. The van der Waals surface area contributed by atoms with E-state index in [-0.39, 0.29) is 5.41 Å². The molecule has 1 atom stereocenters. The molecule has 3 aliphatic rings. The molecule has 0 unspecified atom stereocenters. The number of carbonyl (C=O) groups is 2. The summed E-state index contributed by atoms with van der Waals surface area (Å²) < 4.78 is 5.47. The van der Waals surface area contributed by atoms with Crippen molar-refractivity contribution in [2.24, 2.45) is 5.41 Å². The van der Waals surface area contributed by atoms with E-state index in [4.69, 9.17) is 4.74 Å². The molecule has 3 aliphatic heterocycles. The number of ether oxygens (including phenoxy) is 1. The molecule has 0 aromatic heterocycles. The minimum atomic E-state index is -0.943. The van der Waals surface area contributed by atoms with Gasteiger partial charge in [0.25, 0.3) is 0 Å². The van der Waals surface area contributed by atoms with Gasteiger partial charge in [-0.25, -0.2) is 4.79 Å². The minimum absolute atomic E-state index is 0.272. The second-order valence-corrected chi connectivity index (χ2v) is 8.44. The van der Waals surface area contributed by atoms with Gasteiger partial charge in [0.15, 0.2) is 0 Å². The Kier molecular flexibility index (Phi) is 5.67. The third kappa shape index (κ3) is 3.80. The highest BCUT2D eigenvalue weighted by atomic mass is 16.5. The predicted octanol–water partition coefficient (Wildman–Crippen LogP) is 3.19. The first-order chi connectivity index (χ1) is 14.0. The van der Waals surface area contributed by atoms with E-state index in [1.165, 1.54) is 4.90 Å². The highest BCUT2D eigenvalue weighted by Gasteiger charge is 2.50. The minimum Gasteiger partial charge on any atom is -0.465 e. The van der Waals surface area contributed by atoms with Crippen LogP contribution < -0.4 is 9.80 Å². The maximum Gasteiger partial charge on any atom is 0.411 e. The number of carbonyl (C=O) groups excluding carboxylic acids is 1. The van der Waals surface area contributed by atoms with Crippen LogP contribution in [0.2, 0.25) is 0 Å². The van der Waals surface area contributed by atoms with Crippen molar-refractivity contribution < 1.29 is 19.4 Å². The number of rotatable bonds is 4. The van der Waals surface area contributed by atoms with Crippen LogP contribution in [0.1, 0.15) is 39.0 Å².